The van der Waals surface area contributed by atoms with E-state index in [1.54, 1.807) is 55.5 Å². The minimum absolute atomic E-state index is 0.0249. The molecular weight excluding hydrogens is 777 g/mol. The zero-order valence-corrected chi connectivity index (χ0v) is 36.5. The number of ether oxygens (including phenoxy) is 2. The number of amides is 3. The normalized spacial score (nSPS) is 12.3. The fourth-order valence-corrected chi connectivity index (χ4v) is 7.87. The van der Waals surface area contributed by atoms with Gasteiger partial charge >= 0.3 is 13.6 Å². The summed E-state index contributed by atoms with van der Waals surface area (Å²) in [6.45, 7) is 12.8. The average molecular weight is 842 g/mol. The van der Waals surface area contributed by atoms with Crippen LogP contribution in [0.25, 0.3) is 11.3 Å². The first-order chi connectivity index (χ1) is 28.6. The van der Waals surface area contributed by atoms with E-state index in [2.05, 4.69) is 10.6 Å². The summed E-state index contributed by atoms with van der Waals surface area (Å²) >= 11 is 0. The minimum Gasteiger partial charge on any atom is -0.494 e. The Labute approximate surface area is 349 Å². The fourth-order valence-electron chi connectivity index (χ4n) is 6.18. The highest BCUT2D eigenvalue weighted by molar-refractivity contribution is 7.62. The Bertz CT molecular complexity index is 1780. The molecule has 326 valence electrons. The van der Waals surface area contributed by atoms with Crippen LogP contribution in [-0.4, -0.2) is 68.4 Å². The lowest BCUT2D eigenvalue weighted by atomic mass is 9.90. The van der Waals surface area contributed by atoms with Crippen molar-refractivity contribution < 1.29 is 51.5 Å². The van der Waals surface area contributed by atoms with Crippen molar-refractivity contribution in [3.63, 3.8) is 0 Å². The maximum atomic E-state index is 14.1. The number of benzene rings is 2. The van der Waals surface area contributed by atoms with E-state index in [4.69, 9.17) is 27.8 Å². The monoisotopic (exact) mass is 841 g/mol. The lowest BCUT2D eigenvalue weighted by molar-refractivity contribution is -0.171. The number of carbonyl (C=O) groups is 4. The Balaban J connectivity index is 1.75. The molecule has 1 aromatic heterocycles. The number of hydroxylamine groups is 2. The zero-order valence-electron chi connectivity index (χ0n) is 35.6. The molecule has 1 heterocycles. The van der Waals surface area contributed by atoms with E-state index in [1.807, 2.05) is 34.6 Å². The van der Waals surface area contributed by atoms with Crippen LogP contribution in [-0.2, 0) is 28.0 Å². The van der Waals surface area contributed by atoms with Gasteiger partial charge < -0.3 is 38.4 Å². The number of unbranched alkanes of at least 4 members (excludes halogenated alkanes) is 5. The van der Waals surface area contributed by atoms with E-state index < -0.39 is 37.3 Å². The van der Waals surface area contributed by atoms with E-state index in [1.165, 1.54) is 6.07 Å². The third-order valence-corrected chi connectivity index (χ3v) is 11.4. The average Bonchev–Trinajstić information content (AvgIpc) is 3.74. The van der Waals surface area contributed by atoms with Gasteiger partial charge in [0.2, 0.25) is 12.3 Å². The zero-order chi connectivity index (χ0) is 43.0. The summed E-state index contributed by atoms with van der Waals surface area (Å²) in [7, 11) is -3.72. The number of carbonyl (C=O) groups excluding carboxylic acids is 4. The van der Waals surface area contributed by atoms with E-state index in [0.29, 0.717) is 79.9 Å². The Morgan fingerprint density at radius 2 is 1.47 bits per heavy atom. The summed E-state index contributed by atoms with van der Waals surface area (Å²) in [6, 6.07) is 14.0. The lowest BCUT2D eigenvalue weighted by Crippen LogP contribution is -2.49. The molecule has 0 aliphatic rings. The van der Waals surface area contributed by atoms with Gasteiger partial charge in [-0.1, -0.05) is 85.3 Å². The van der Waals surface area contributed by atoms with Crippen molar-refractivity contribution in [2.45, 2.75) is 118 Å². The predicted molar refractivity (Wildman–Crippen MR) is 227 cm³/mol. The molecule has 3 aromatic rings. The van der Waals surface area contributed by atoms with Crippen LogP contribution >= 0.6 is 7.60 Å². The van der Waals surface area contributed by atoms with Crippen LogP contribution in [0, 0.1) is 5.92 Å². The molecule has 0 aliphatic heterocycles. The Kier molecular flexibility index (Phi) is 21.8. The van der Waals surface area contributed by atoms with Gasteiger partial charge in [0.05, 0.1) is 50.4 Å². The minimum atomic E-state index is -3.72. The predicted octanol–water partition coefficient (Wildman–Crippen LogP) is 8.99. The first-order valence-electron chi connectivity index (χ1n) is 21.1. The van der Waals surface area contributed by atoms with Gasteiger partial charge in [-0.15, -0.1) is 0 Å². The van der Waals surface area contributed by atoms with Crippen LogP contribution in [0.15, 0.2) is 59.0 Å². The Morgan fingerprint density at radius 1 is 0.797 bits per heavy atom. The second-order valence-electron chi connectivity index (χ2n) is 14.0. The third-order valence-electron chi connectivity index (χ3n) is 9.48. The SMILES string of the molecule is CCCCC[C@@H](C(=O)NCNC(=O)c1ccc(-c2cc(OCC)cc(P(=O)(OCCCC)OCCCC)c2)o1)[C@@H](CC)N(C=O)OC(=O)c1ccccc1OCCCC. The molecule has 3 amide bonds. The van der Waals surface area contributed by atoms with Gasteiger partial charge in [0.1, 0.15) is 22.8 Å². The van der Waals surface area contributed by atoms with Gasteiger partial charge in [-0.2, -0.15) is 5.06 Å². The first kappa shape index (κ1) is 48.7. The van der Waals surface area contributed by atoms with Crippen molar-refractivity contribution in [3.05, 3.63) is 65.9 Å². The molecule has 14 nitrogen and oxygen atoms in total. The molecule has 0 saturated carbocycles. The number of furan rings is 1. The van der Waals surface area contributed by atoms with Gasteiger partial charge in [0, 0.05) is 5.56 Å². The van der Waals surface area contributed by atoms with Crippen LogP contribution in [0.3, 0.4) is 0 Å². The lowest BCUT2D eigenvalue weighted by Gasteiger charge is -2.32. The largest absolute Gasteiger partial charge is 0.494 e. The van der Waals surface area contributed by atoms with Crippen molar-refractivity contribution in [1.82, 2.24) is 15.7 Å². The number of hydrogen-bond acceptors (Lipinski definition) is 11. The summed E-state index contributed by atoms with van der Waals surface area (Å²) in [4.78, 5) is 58.3. The Hall–Kier alpha value is -4.65. The van der Waals surface area contributed by atoms with Gasteiger partial charge in [0.25, 0.3) is 5.91 Å². The fraction of sp³-hybridized carbons (Fsp3) is 0.545. The van der Waals surface area contributed by atoms with E-state index in [9.17, 15) is 23.7 Å². The number of nitrogens with zero attached hydrogens (tertiary/aromatic N) is 1. The molecule has 3 rings (SSSR count). The van der Waals surface area contributed by atoms with Crippen LogP contribution in [0.4, 0.5) is 0 Å². The molecular formula is C44H64N3O11P. The van der Waals surface area contributed by atoms with Crippen molar-refractivity contribution >= 4 is 37.1 Å². The molecule has 2 aromatic carbocycles. The van der Waals surface area contributed by atoms with Crippen LogP contribution in [0.5, 0.6) is 11.5 Å². The number of rotatable bonds is 30. The van der Waals surface area contributed by atoms with Crippen LogP contribution in [0.2, 0.25) is 0 Å². The van der Waals surface area contributed by atoms with Crippen molar-refractivity contribution in [2.75, 3.05) is 33.1 Å². The highest BCUT2D eigenvalue weighted by atomic mass is 31.2. The molecule has 0 saturated heterocycles. The quantitative estimate of drug-likeness (QED) is 0.0216. The van der Waals surface area contributed by atoms with E-state index >= 15 is 0 Å². The molecule has 15 heteroatoms. The van der Waals surface area contributed by atoms with Crippen LogP contribution in [0.1, 0.15) is 133 Å². The molecule has 0 radical (unpaired) electrons. The maximum Gasteiger partial charge on any atom is 0.366 e. The standard InChI is InChI=1S/C44H64N3O11P/c1-7-13-17-20-36(38(11-5)47(32-48)58-44(51)37-21-18-19-22-40(37)54-25-14-8-2)42(49)45-31-46-43(50)41-24-23-39(57-41)33-28-34(53-12-6)30-35(29-33)59(52,55-26-15-9-3)56-27-16-10-4/h18-19,21-24,28-30,32,36,38H,7-17,20,25-27,31H2,1-6H3,(H,45,49)(H,46,50)/t36-,38-/m1/s1. The molecule has 2 N–H and O–H groups in total. The second kappa shape index (κ2) is 26.4. The van der Waals surface area contributed by atoms with Crippen LogP contribution < -0.4 is 25.4 Å². The summed E-state index contributed by atoms with van der Waals surface area (Å²) < 4.78 is 43.4. The maximum absolute atomic E-state index is 14.1. The summed E-state index contributed by atoms with van der Waals surface area (Å²) in [6.07, 6.45) is 8.46. The highest BCUT2D eigenvalue weighted by Gasteiger charge is 2.34. The summed E-state index contributed by atoms with van der Waals surface area (Å²) in [5.74, 6) is -1.48. The number of nitrogens with one attached hydrogen (secondary N) is 2. The number of hydrogen-bond donors (Lipinski definition) is 2. The molecule has 2 atom stereocenters. The first-order valence-corrected chi connectivity index (χ1v) is 22.6. The van der Waals surface area contributed by atoms with Gasteiger partial charge in [-0.05, 0) is 81.5 Å². The van der Waals surface area contributed by atoms with E-state index in [0.717, 1.165) is 43.6 Å². The second-order valence-corrected chi connectivity index (χ2v) is 16.1. The van der Waals surface area contributed by atoms with Crippen molar-refractivity contribution in [2.24, 2.45) is 5.92 Å². The van der Waals surface area contributed by atoms with Crippen molar-refractivity contribution in [1.29, 1.82) is 0 Å². The van der Waals surface area contributed by atoms with E-state index in [-0.39, 0.29) is 31.2 Å². The topological polar surface area (TPSA) is 172 Å². The highest BCUT2D eigenvalue weighted by Crippen LogP contribution is 2.49. The van der Waals surface area contributed by atoms with Gasteiger partial charge in [-0.3, -0.25) is 18.9 Å². The smallest absolute Gasteiger partial charge is 0.366 e. The van der Waals surface area contributed by atoms with Crippen molar-refractivity contribution in [3.8, 4) is 22.8 Å². The molecule has 0 bridgehead atoms. The van der Waals surface area contributed by atoms with Gasteiger partial charge in [-0.25, -0.2) is 4.79 Å². The van der Waals surface area contributed by atoms with Gasteiger partial charge in [0.15, 0.2) is 5.76 Å². The Morgan fingerprint density at radius 3 is 2.12 bits per heavy atom. The number of para-hydroxylation sites is 1. The molecule has 0 spiro atoms. The molecule has 59 heavy (non-hydrogen) atoms. The third kappa shape index (κ3) is 15.2. The molecule has 0 fully saturated rings. The molecule has 0 unspecified atom stereocenters. The summed E-state index contributed by atoms with van der Waals surface area (Å²) in [5, 5.41) is 6.65. The molecule has 0 aliphatic carbocycles. The summed E-state index contributed by atoms with van der Waals surface area (Å²) in [5.41, 5.74) is 0.668.